The van der Waals surface area contributed by atoms with E-state index < -0.39 is 0 Å². The molecule has 160 valence electrons. The lowest BCUT2D eigenvalue weighted by Gasteiger charge is -2.21. The summed E-state index contributed by atoms with van der Waals surface area (Å²) >= 11 is 1.68. The minimum atomic E-state index is 0.264. The zero-order valence-corrected chi connectivity index (χ0v) is 18.5. The monoisotopic (exact) mass is 425 g/mol. The number of amides is 1. The highest BCUT2D eigenvalue weighted by molar-refractivity contribution is 7.13. The smallest absolute Gasteiger partial charge is 0.225 e. The molecule has 2 fully saturated rings. The van der Waals surface area contributed by atoms with Crippen LogP contribution in [0.25, 0.3) is 10.6 Å². The number of carbonyl (C=O) groups is 1. The molecular formula is C23H31N5OS. The zero-order chi connectivity index (χ0) is 20.8. The van der Waals surface area contributed by atoms with Crippen molar-refractivity contribution >= 4 is 23.2 Å². The molecule has 7 heteroatoms. The minimum absolute atomic E-state index is 0.264. The highest BCUT2D eigenvalue weighted by Crippen LogP contribution is 2.28. The second-order valence-corrected chi connectivity index (χ2v) is 9.01. The molecule has 6 nitrogen and oxygen atoms in total. The van der Waals surface area contributed by atoms with Gasteiger partial charge in [-0.15, -0.1) is 11.3 Å². The van der Waals surface area contributed by atoms with Crippen molar-refractivity contribution in [3.05, 3.63) is 41.4 Å². The molecule has 2 N–H and O–H groups in total. The molecule has 0 spiro atoms. The topological polar surface area (TPSA) is 69.6 Å². The fourth-order valence-corrected chi connectivity index (χ4v) is 5.20. The SMILES string of the molecule is CN=C(NCCc1csc(-c2ccccc2)n1)NC1CCN(C(=O)C2CCCC2)C1. The first-order valence-electron chi connectivity index (χ1n) is 11.0. The molecule has 1 aliphatic carbocycles. The maximum absolute atomic E-state index is 12.6. The van der Waals surface area contributed by atoms with Crippen molar-refractivity contribution in [2.75, 3.05) is 26.7 Å². The van der Waals surface area contributed by atoms with Gasteiger partial charge in [-0.25, -0.2) is 4.98 Å². The third-order valence-electron chi connectivity index (χ3n) is 6.01. The molecule has 1 amide bonds. The van der Waals surface area contributed by atoms with Gasteiger partial charge in [-0.2, -0.15) is 0 Å². The lowest BCUT2D eigenvalue weighted by atomic mass is 10.1. The molecule has 1 unspecified atom stereocenters. The standard InChI is InChI=1S/C23H31N5OS/c1-24-23(27-19-12-14-28(15-19)22(29)18-9-5-6-10-18)25-13-11-20-16-30-21(26-20)17-7-3-2-4-8-17/h2-4,7-8,16,18-19H,5-6,9-15H2,1H3,(H2,24,25,27). The Morgan fingerprint density at radius 1 is 1.23 bits per heavy atom. The average molecular weight is 426 g/mol. The number of benzene rings is 1. The Hall–Kier alpha value is -2.41. The van der Waals surface area contributed by atoms with E-state index in [9.17, 15) is 4.79 Å². The van der Waals surface area contributed by atoms with Gasteiger partial charge in [-0.1, -0.05) is 43.2 Å². The highest BCUT2D eigenvalue weighted by atomic mass is 32.1. The molecule has 1 aromatic carbocycles. The fourth-order valence-electron chi connectivity index (χ4n) is 4.34. The van der Waals surface area contributed by atoms with Crippen molar-refractivity contribution in [2.24, 2.45) is 10.9 Å². The molecule has 2 heterocycles. The van der Waals surface area contributed by atoms with Gasteiger partial charge >= 0.3 is 0 Å². The van der Waals surface area contributed by atoms with Gasteiger partial charge in [0.25, 0.3) is 0 Å². The van der Waals surface area contributed by atoms with Crippen molar-refractivity contribution in [1.82, 2.24) is 20.5 Å². The van der Waals surface area contributed by atoms with Crippen LogP contribution in [0.5, 0.6) is 0 Å². The van der Waals surface area contributed by atoms with Gasteiger partial charge in [-0.05, 0) is 19.3 Å². The molecule has 2 aromatic rings. The number of hydrogen-bond donors (Lipinski definition) is 2. The molecule has 1 aromatic heterocycles. The van der Waals surface area contributed by atoms with Gasteiger partial charge in [-0.3, -0.25) is 9.79 Å². The summed E-state index contributed by atoms with van der Waals surface area (Å²) in [7, 11) is 1.79. The van der Waals surface area contributed by atoms with Gasteiger partial charge in [0.1, 0.15) is 5.01 Å². The van der Waals surface area contributed by atoms with E-state index in [4.69, 9.17) is 4.98 Å². The van der Waals surface area contributed by atoms with Crippen LogP contribution in [0, 0.1) is 5.92 Å². The van der Waals surface area contributed by atoms with E-state index in [-0.39, 0.29) is 12.0 Å². The van der Waals surface area contributed by atoms with E-state index in [0.717, 1.165) is 67.5 Å². The number of hydrogen-bond acceptors (Lipinski definition) is 4. The maximum atomic E-state index is 12.6. The van der Waals surface area contributed by atoms with Crippen LogP contribution in [0.15, 0.2) is 40.7 Å². The Labute approximate surface area is 182 Å². The Bertz CT molecular complexity index is 859. The first-order chi connectivity index (χ1) is 14.7. The minimum Gasteiger partial charge on any atom is -0.356 e. The zero-order valence-electron chi connectivity index (χ0n) is 17.6. The van der Waals surface area contributed by atoms with E-state index in [1.54, 1.807) is 18.4 Å². The Morgan fingerprint density at radius 2 is 2.03 bits per heavy atom. The summed E-state index contributed by atoms with van der Waals surface area (Å²) in [6.45, 7) is 2.41. The summed E-state index contributed by atoms with van der Waals surface area (Å²) in [5.41, 5.74) is 2.26. The van der Waals surface area contributed by atoms with Crippen molar-refractivity contribution in [3.8, 4) is 10.6 Å². The average Bonchev–Trinajstić information content (AvgIpc) is 3.55. The van der Waals surface area contributed by atoms with E-state index in [1.165, 1.54) is 12.8 Å². The van der Waals surface area contributed by atoms with Gasteiger partial charge < -0.3 is 15.5 Å². The summed E-state index contributed by atoms with van der Waals surface area (Å²) in [6, 6.07) is 10.6. The highest BCUT2D eigenvalue weighted by Gasteiger charge is 2.32. The summed E-state index contributed by atoms with van der Waals surface area (Å²) in [5.74, 6) is 1.42. The van der Waals surface area contributed by atoms with Gasteiger partial charge in [0.2, 0.25) is 5.91 Å². The van der Waals surface area contributed by atoms with Gasteiger partial charge in [0.05, 0.1) is 5.69 Å². The third-order valence-corrected chi connectivity index (χ3v) is 6.96. The van der Waals surface area contributed by atoms with E-state index in [1.807, 2.05) is 23.1 Å². The quantitative estimate of drug-likeness (QED) is 0.550. The van der Waals surface area contributed by atoms with E-state index >= 15 is 0 Å². The van der Waals surface area contributed by atoms with Crippen LogP contribution in [0.1, 0.15) is 37.8 Å². The van der Waals surface area contributed by atoms with Crippen LogP contribution in [0.3, 0.4) is 0 Å². The number of nitrogens with zero attached hydrogens (tertiary/aromatic N) is 3. The predicted octanol–water partition coefficient (Wildman–Crippen LogP) is 3.31. The van der Waals surface area contributed by atoms with Crippen LogP contribution in [-0.4, -0.2) is 54.5 Å². The number of thiazole rings is 1. The molecule has 1 saturated carbocycles. The molecule has 1 saturated heterocycles. The largest absolute Gasteiger partial charge is 0.356 e. The van der Waals surface area contributed by atoms with E-state index in [0.29, 0.717) is 5.91 Å². The van der Waals surface area contributed by atoms with Crippen molar-refractivity contribution < 1.29 is 4.79 Å². The Morgan fingerprint density at radius 3 is 2.80 bits per heavy atom. The van der Waals surface area contributed by atoms with Crippen LogP contribution >= 0.6 is 11.3 Å². The normalized spacial score (nSPS) is 20.0. The summed E-state index contributed by atoms with van der Waals surface area (Å²) in [5, 5.41) is 10.1. The molecule has 0 radical (unpaired) electrons. The second kappa shape index (κ2) is 10.1. The molecule has 4 rings (SSSR count). The summed E-state index contributed by atoms with van der Waals surface area (Å²) in [6.07, 6.45) is 6.37. The molecule has 30 heavy (non-hydrogen) atoms. The first-order valence-corrected chi connectivity index (χ1v) is 11.9. The van der Waals surface area contributed by atoms with Crippen molar-refractivity contribution in [3.63, 3.8) is 0 Å². The summed E-state index contributed by atoms with van der Waals surface area (Å²) in [4.78, 5) is 23.8. The number of aliphatic imine (C=N–C) groups is 1. The number of guanidine groups is 1. The molecular weight excluding hydrogens is 394 g/mol. The van der Waals surface area contributed by atoms with Crippen LogP contribution < -0.4 is 10.6 Å². The number of aromatic nitrogens is 1. The third kappa shape index (κ3) is 5.19. The number of rotatable bonds is 6. The number of likely N-dealkylation sites (tertiary alicyclic amines) is 1. The van der Waals surface area contributed by atoms with Crippen molar-refractivity contribution in [2.45, 2.75) is 44.6 Å². The Balaban J connectivity index is 1.21. The second-order valence-electron chi connectivity index (χ2n) is 8.15. The molecule has 1 aliphatic heterocycles. The van der Waals surface area contributed by atoms with Crippen LogP contribution in [0.4, 0.5) is 0 Å². The molecule has 2 aliphatic rings. The lowest BCUT2D eigenvalue weighted by Crippen LogP contribution is -2.45. The van der Waals surface area contributed by atoms with Crippen LogP contribution in [-0.2, 0) is 11.2 Å². The molecule has 0 bridgehead atoms. The lowest BCUT2D eigenvalue weighted by molar-refractivity contribution is -0.134. The maximum Gasteiger partial charge on any atom is 0.225 e. The number of carbonyl (C=O) groups excluding carboxylic acids is 1. The number of nitrogens with one attached hydrogen (secondary N) is 2. The van der Waals surface area contributed by atoms with Crippen molar-refractivity contribution in [1.29, 1.82) is 0 Å². The fraction of sp³-hybridized carbons (Fsp3) is 0.522. The van der Waals surface area contributed by atoms with Crippen LogP contribution in [0.2, 0.25) is 0 Å². The summed E-state index contributed by atoms with van der Waals surface area (Å²) < 4.78 is 0. The molecule has 1 atom stereocenters. The predicted molar refractivity (Wildman–Crippen MR) is 123 cm³/mol. The van der Waals surface area contributed by atoms with Gasteiger partial charge in [0, 0.05) is 56.0 Å². The Kier molecular flexibility index (Phi) is 7.00. The van der Waals surface area contributed by atoms with E-state index in [2.05, 4.69) is 33.1 Å². The first kappa shape index (κ1) is 20.8. The van der Waals surface area contributed by atoms with Gasteiger partial charge in [0.15, 0.2) is 5.96 Å².